The molecule has 0 saturated carbocycles. The van der Waals surface area contributed by atoms with Crippen molar-refractivity contribution in [1.82, 2.24) is 9.97 Å². The highest BCUT2D eigenvalue weighted by molar-refractivity contribution is 5.74. The topological polar surface area (TPSA) is 25.8 Å². The number of fused-ring (bicyclic) bond motifs is 2. The summed E-state index contributed by atoms with van der Waals surface area (Å²) < 4.78 is 0. The Labute approximate surface area is 71.4 Å². The molecule has 1 aromatic heterocycles. The van der Waals surface area contributed by atoms with Crippen LogP contribution in [-0.4, -0.2) is 9.97 Å². The summed E-state index contributed by atoms with van der Waals surface area (Å²) in [6, 6.07) is 0. The van der Waals surface area contributed by atoms with Crippen LogP contribution in [-0.2, 0) is 6.42 Å². The van der Waals surface area contributed by atoms with Gasteiger partial charge >= 0.3 is 0 Å². The van der Waals surface area contributed by atoms with Gasteiger partial charge < -0.3 is 0 Å². The van der Waals surface area contributed by atoms with Crippen LogP contribution in [0.2, 0.25) is 0 Å². The second kappa shape index (κ2) is 2.16. The molecule has 2 heteroatoms. The first-order chi connectivity index (χ1) is 5.95. The molecule has 0 fully saturated rings. The molecule has 2 nitrogen and oxygen atoms in total. The fraction of sp³-hybridized carbons (Fsp3) is 0.400. The Morgan fingerprint density at radius 2 is 2.00 bits per heavy atom. The van der Waals surface area contributed by atoms with Crippen molar-refractivity contribution >= 4 is 5.57 Å². The molecule has 0 N–H and O–H groups in total. The summed E-state index contributed by atoms with van der Waals surface area (Å²) >= 11 is 0. The molecule has 0 spiro atoms. The fourth-order valence-electron chi connectivity index (χ4n) is 2.24. The summed E-state index contributed by atoms with van der Waals surface area (Å²) in [5, 5.41) is 0. The Hall–Kier alpha value is -1.18. The maximum atomic E-state index is 4.38. The summed E-state index contributed by atoms with van der Waals surface area (Å²) in [5.41, 5.74) is 5.47. The minimum absolute atomic E-state index is 1.07. The minimum Gasteiger partial charge on any atom is -0.257 e. The quantitative estimate of drug-likeness (QED) is 0.577. The third kappa shape index (κ3) is 0.697. The molecular formula is C10H10N2. The number of hydrogen-bond acceptors (Lipinski definition) is 2. The first-order valence-corrected chi connectivity index (χ1v) is 4.46. The second-order valence-corrected chi connectivity index (χ2v) is 3.46. The predicted octanol–water partition coefficient (Wildman–Crippen LogP) is 1.97. The zero-order chi connectivity index (χ0) is 7.97. The Kier molecular flexibility index (Phi) is 1.14. The van der Waals surface area contributed by atoms with E-state index < -0.39 is 0 Å². The summed E-state index contributed by atoms with van der Waals surface area (Å²) in [6.07, 6.45) is 8.47. The van der Waals surface area contributed by atoms with Crippen molar-refractivity contribution in [2.75, 3.05) is 0 Å². The third-order valence-electron chi connectivity index (χ3n) is 2.77. The van der Waals surface area contributed by atoms with Crippen LogP contribution in [0.1, 0.15) is 30.7 Å². The van der Waals surface area contributed by atoms with Gasteiger partial charge in [0.15, 0.2) is 0 Å². The number of aromatic nitrogens is 2. The Morgan fingerprint density at radius 1 is 1.08 bits per heavy atom. The first kappa shape index (κ1) is 6.35. The van der Waals surface area contributed by atoms with Crippen LogP contribution in [0.4, 0.5) is 0 Å². The van der Waals surface area contributed by atoms with Crippen LogP contribution in [0, 0.1) is 0 Å². The predicted molar refractivity (Wildman–Crippen MR) is 46.5 cm³/mol. The van der Waals surface area contributed by atoms with Crippen molar-refractivity contribution in [2.45, 2.75) is 25.7 Å². The molecule has 2 aliphatic carbocycles. The summed E-state index contributed by atoms with van der Waals surface area (Å²) in [7, 11) is 0. The SMILES string of the molecule is c1cnc2c(n1)CC1=C2CCC1. The van der Waals surface area contributed by atoms with E-state index in [1.54, 1.807) is 18.0 Å². The van der Waals surface area contributed by atoms with Gasteiger partial charge in [-0.15, -0.1) is 0 Å². The molecule has 0 amide bonds. The zero-order valence-electron chi connectivity index (χ0n) is 6.88. The van der Waals surface area contributed by atoms with Crippen LogP contribution in [0.3, 0.4) is 0 Å². The van der Waals surface area contributed by atoms with Gasteiger partial charge in [-0.25, -0.2) is 0 Å². The lowest BCUT2D eigenvalue weighted by atomic mass is 10.1. The highest BCUT2D eigenvalue weighted by Crippen LogP contribution is 2.40. The van der Waals surface area contributed by atoms with Crippen molar-refractivity contribution < 1.29 is 0 Å². The van der Waals surface area contributed by atoms with Crippen LogP contribution >= 0.6 is 0 Å². The van der Waals surface area contributed by atoms with Crippen molar-refractivity contribution in [3.05, 3.63) is 29.4 Å². The van der Waals surface area contributed by atoms with Crippen molar-refractivity contribution in [1.29, 1.82) is 0 Å². The lowest BCUT2D eigenvalue weighted by Gasteiger charge is -1.99. The molecule has 0 bridgehead atoms. The molecule has 1 heterocycles. The van der Waals surface area contributed by atoms with Crippen molar-refractivity contribution in [3.63, 3.8) is 0 Å². The first-order valence-electron chi connectivity index (χ1n) is 4.46. The van der Waals surface area contributed by atoms with Gasteiger partial charge in [-0.3, -0.25) is 9.97 Å². The summed E-state index contributed by atoms with van der Waals surface area (Å²) in [5.74, 6) is 0. The number of nitrogens with zero attached hydrogens (tertiary/aromatic N) is 2. The maximum Gasteiger partial charge on any atom is 0.0879 e. The van der Waals surface area contributed by atoms with Crippen molar-refractivity contribution in [3.8, 4) is 0 Å². The molecule has 0 atom stereocenters. The minimum atomic E-state index is 1.07. The fourth-order valence-corrected chi connectivity index (χ4v) is 2.24. The van der Waals surface area contributed by atoms with Crippen LogP contribution < -0.4 is 0 Å². The van der Waals surface area contributed by atoms with E-state index in [1.165, 1.54) is 36.2 Å². The maximum absolute atomic E-state index is 4.38. The van der Waals surface area contributed by atoms with E-state index >= 15 is 0 Å². The largest absolute Gasteiger partial charge is 0.257 e. The molecule has 2 aliphatic rings. The molecule has 1 aromatic rings. The van der Waals surface area contributed by atoms with Crippen LogP contribution in [0.15, 0.2) is 18.0 Å². The van der Waals surface area contributed by atoms with Gasteiger partial charge in [-0.05, 0) is 24.8 Å². The molecule has 0 aromatic carbocycles. The molecule has 12 heavy (non-hydrogen) atoms. The van der Waals surface area contributed by atoms with Gasteiger partial charge in [-0.1, -0.05) is 5.57 Å². The Balaban J connectivity index is 2.18. The molecule has 0 saturated heterocycles. The molecule has 0 radical (unpaired) electrons. The Bertz CT molecular complexity index is 366. The van der Waals surface area contributed by atoms with Gasteiger partial charge in [0.25, 0.3) is 0 Å². The van der Waals surface area contributed by atoms with E-state index in [1.807, 2.05) is 0 Å². The molecule has 60 valence electrons. The second-order valence-electron chi connectivity index (χ2n) is 3.46. The average molecular weight is 158 g/mol. The van der Waals surface area contributed by atoms with E-state index in [0.717, 1.165) is 6.42 Å². The van der Waals surface area contributed by atoms with Crippen LogP contribution in [0.25, 0.3) is 5.57 Å². The van der Waals surface area contributed by atoms with Gasteiger partial charge in [0.2, 0.25) is 0 Å². The van der Waals surface area contributed by atoms with Gasteiger partial charge in [0.05, 0.1) is 11.4 Å². The Morgan fingerprint density at radius 3 is 3.00 bits per heavy atom. The lowest BCUT2D eigenvalue weighted by molar-refractivity contribution is 0.864. The third-order valence-corrected chi connectivity index (χ3v) is 2.77. The average Bonchev–Trinajstić information content (AvgIpc) is 2.62. The summed E-state index contributed by atoms with van der Waals surface area (Å²) in [6.45, 7) is 0. The van der Waals surface area contributed by atoms with Crippen LogP contribution in [0.5, 0.6) is 0 Å². The molecule has 3 rings (SSSR count). The highest BCUT2D eigenvalue weighted by Gasteiger charge is 2.26. The van der Waals surface area contributed by atoms with E-state index in [4.69, 9.17) is 0 Å². The van der Waals surface area contributed by atoms with Crippen molar-refractivity contribution in [2.24, 2.45) is 0 Å². The molecule has 0 aliphatic heterocycles. The van der Waals surface area contributed by atoms with E-state index in [2.05, 4.69) is 9.97 Å². The van der Waals surface area contributed by atoms with E-state index in [9.17, 15) is 0 Å². The number of hydrogen-bond donors (Lipinski definition) is 0. The normalized spacial score (nSPS) is 19.7. The summed E-state index contributed by atoms with van der Waals surface area (Å²) in [4.78, 5) is 8.72. The zero-order valence-corrected chi connectivity index (χ0v) is 6.88. The number of rotatable bonds is 0. The lowest BCUT2D eigenvalue weighted by Crippen LogP contribution is -1.93. The molecule has 0 unspecified atom stereocenters. The van der Waals surface area contributed by atoms with E-state index in [-0.39, 0.29) is 0 Å². The molecular weight excluding hydrogens is 148 g/mol. The monoisotopic (exact) mass is 158 g/mol. The smallest absolute Gasteiger partial charge is 0.0879 e. The standard InChI is InChI=1S/C10H10N2/c1-2-7-6-9-10(8(7)3-1)12-5-4-11-9/h4-5H,1-3,6H2. The van der Waals surface area contributed by atoms with Gasteiger partial charge in [0, 0.05) is 18.8 Å². The van der Waals surface area contributed by atoms with E-state index in [0.29, 0.717) is 0 Å². The van der Waals surface area contributed by atoms with Gasteiger partial charge in [0.1, 0.15) is 0 Å². The number of allylic oxidation sites excluding steroid dienone is 2. The van der Waals surface area contributed by atoms with Gasteiger partial charge in [-0.2, -0.15) is 0 Å². The highest BCUT2D eigenvalue weighted by atomic mass is 14.8.